The SMILES string of the molecule is Brc1ccc2ncc(CN3CCOCC3)n2c1. The highest BCUT2D eigenvalue weighted by atomic mass is 79.9. The summed E-state index contributed by atoms with van der Waals surface area (Å²) in [5.74, 6) is 0. The molecule has 0 spiro atoms. The van der Waals surface area contributed by atoms with E-state index in [2.05, 4.69) is 36.4 Å². The summed E-state index contributed by atoms with van der Waals surface area (Å²) in [7, 11) is 0. The van der Waals surface area contributed by atoms with Crippen molar-refractivity contribution in [1.29, 1.82) is 0 Å². The van der Waals surface area contributed by atoms with Gasteiger partial charge in [-0.15, -0.1) is 0 Å². The second-order valence-electron chi connectivity index (χ2n) is 4.21. The summed E-state index contributed by atoms with van der Waals surface area (Å²) in [5, 5.41) is 0. The first-order valence-corrected chi connectivity index (χ1v) is 6.54. The zero-order valence-electron chi connectivity index (χ0n) is 9.47. The number of pyridine rings is 1. The first-order chi connectivity index (χ1) is 8.33. The van der Waals surface area contributed by atoms with Crippen LogP contribution in [0, 0.1) is 0 Å². The normalized spacial score (nSPS) is 17.7. The molecule has 0 bridgehead atoms. The van der Waals surface area contributed by atoms with Crippen LogP contribution >= 0.6 is 15.9 Å². The monoisotopic (exact) mass is 295 g/mol. The van der Waals surface area contributed by atoms with Crippen LogP contribution in [-0.2, 0) is 11.3 Å². The molecule has 0 radical (unpaired) electrons. The summed E-state index contributed by atoms with van der Waals surface area (Å²) in [5.41, 5.74) is 2.22. The maximum atomic E-state index is 5.35. The Labute approximate surface area is 108 Å². The van der Waals surface area contributed by atoms with Crippen LogP contribution in [0.25, 0.3) is 5.65 Å². The maximum Gasteiger partial charge on any atom is 0.136 e. The van der Waals surface area contributed by atoms with E-state index in [9.17, 15) is 0 Å². The number of fused-ring (bicyclic) bond motifs is 1. The van der Waals surface area contributed by atoms with Crippen molar-refractivity contribution in [3.05, 3.63) is 34.7 Å². The summed E-state index contributed by atoms with van der Waals surface area (Å²) in [6, 6.07) is 4.04. The highest BCUT2D eigenvalue weighted by Gasteiger charge is 2.13. The third kappa shape index (κ3) is 2.36. The van der Waals surface area contributed by atoms with Crippen molar-refractivity contribution in [3.63, 3.8) is 0 Å². The molecule has 0 atom stereocenters. The van der Waals surface area contributed by atoms with Crippen LogP contribution in [0.2, 0.25) is 0 Å². The van der Waals surface area contributed by atoms with Gasteiger partial charge in [0.25, 0.3) is 0 Å². The van der Waals surface area contributed by atoms with Gasteiger partial charge >= 0.3 is 0 Å². The van der Waals surface area contributed by atoms with Crippen LogP contribution in [-0.4, -0.2) is 40.6 Å². The van der Waals surface area contributed by atoms with E-state index in [0.717, 1.165) is 43.0 Å². The second-order valence-corrected chi connectivity index (χ2v) is 5.13. The highest BCUT2D eigenvalue weighted by molar-refractivity contribution is 9.10. The summed E-state index contributed by atoms with van der Waals surface area (Å²) < 4.78 is 8.57. The number of ether oxygens (including phenoxy) is 1. The molecular weight excluding hydrogens is 282 g/mol. The van der Waals surface area contributed by atoms with Gasteiger partial charge in [-0.25, -0.2) is 4.98 Å². The maximum absolute atomic E-state index is 5.35. The number of morpholine rings is 1. The third-order valence-corrected chi connectivity index (χ3v) is 3.50. The largest absolute Gasteiger partial charge is 0.379 e. The molecular formula is C12H14BrN3O. The van der Waals surface area contributed by atoms with Gasteiger partial charge in [0.05, 0.1) is 25.1 Å². The van der Waals surface area contributed by atoms with Gasteiger partial charge in [0.15, 0.2) is 0 Å². The summed E-state index contributed by atoms with van der Waals surface area (Å²) in [6.07, 6.45) is 4.02. The Bertz CT molecular complexity index is 519. The van der Waals surface area contributed by atoms with Gasteiger partial charge in [-0.05, 0) is 28.1 Å². The lowest BCUT2D eigenvalue weighted by atomic mass is 10.3. The van der Waals surface area contributed by atoms with E-state index in [1.165, 1.54) is 5.69 Å². The van der Waals surface area contributed by atoms with Gasteiger partial charge in [-0.3, -0.25) is 4.90 Å². The van der Waals surface area contributed by atoms with Gasteiger partial charge in [0, 0.05) is 30.3 Å². The van der Waals surface area contributed by atoms with Crippen molar-refractivity contribution >= 4 is 21.6 Å². The lowest BCUT2D eigenvalue weighted by Crippen LogP contribution is -2.35. The molecule has 0 N–H and O–H groups in total. The average Bonchev–Trinajstić information content (AvgIpc) is 2.73. The van der Waals surface area contributed by atoms with E-state index in [0.29, 0.717) is 0 Å². The highest BCUT2D eigenvalue weighted by Crippen LogP contribution is 2.15. The third-order valence-electron chi connectivity index (χ3n) is 3.04. The van der Waals surface area contributed by atoms with E-state index in [1.54, 1.807) is 0 Å². The molecule has 2 aromatic rings. The molecule has 1 saturated heterocycles. The van der Waals surface area contributed by atoms with Crippen LogP contribution in [0.15, 0.2) is 29.0 Å². The van der Waals surface area contributed by atoms with Crippen molar-refractivity contribution in [2.75, 3.05) is 26.3 Å². The van der Waals surface area contributed by atoms with Gasteiger partial charge < -0.3 is 9.14 Å². The zero-order valence-corrected chi connectivity index (χ0v) is 11.1. The molecule has 90 valence electrons. The number of halogens is 1. The van der Waals surface area contributed by atoms with Crippen LogP contribution in [0.4, 0.5) is 0 Å². The molecule has 1 fully saturated rings. The second kappa shape index (κ2) is 4.76. The number of aromatic nitrogens is 2. The molecule has 0 aromatic carbocycles. The predicted molar refractivity (Wildman–Crippen MR) is 69.0 cm³/mol. The van der Waals surface area contributed by atoms with E-state index in [1.807, 2.05) is 18.3 Å². The molecule has 1 aliphatic rings. The van der Waals surface area contributed by atoms with Gasteiger partial charge in [0.2, 0.25) is 0 Å². The number of imidazole rings is 1. The van der Waals surface area contributed by atoms with Gasteiger partial charge in [-0.1, -0.05) is 0 Å². The summed E-state index contributed by atoms with van der Waals surface area (Å²) in [4.78, 5) is 6.81. The Balaban J connectivity index is 1.86. The fourth-order valence-corrected chi connectivity index (χ4v) is 2.45. The Morgan fingerprint density at radius 1 is 1.29 bits per heavy atom. The molecule has 3 heterocycles. The summed E-state index contributed by atoms with van der Waals surface area (Å²) >= 11 is 3.49. The molecule has 2 aromatic heterocycles. The molecule has 3 rings (SSSR count). The lowest BCUT2D eigenvalue weighted by Gasteiger charge is -2.26. The lowest BCUT2D eigenvalue weighted by molar-refractivity contribution is 0.0335. The smallest absolute Gasteiger partial charge is 0.136 e. The minimum absolute atomic E-state index is 0.834. The quantitative estimate of drug-likeness (QED) is 0.848. The number of hydrogen-bond acceptors (Lipinski definition) is 3. The molecule has 1 aliphatic heterocycles. The topological polar surface area (TPSA) is 29.8 Å². The molecule has 0 unspecified atom stereocenters. The molecule has 0 saturated carbocycles. The standard InChI is InChI=1S/C12H14BrN3O/c13-10-1-2-12-14-7-11(16(12)8-10)9-15-3-5-17-6-4-15/h1-2,7-8H,3-6,9H2. The fraction of sp³-hybridized carbons (Fsp3) is 0.417. The number of hydrogen-bond donors (Lipinski definition) is 0. The average molecular weight is 296 g/mol. The number of nitrogens with zero attached hydrogens (tertiary/aromatic N) is 3. The van der Waals surface area contributed by atoms with Crippen molar-refractivity contribution in [2.45, 2.75) is 6.54 Å². The fourth-order valence-electron chi connectivity index (χ4n) is 2.11. The summed E-state index contributed by atoms with van der Waals surface area (Å²) in [6.45, 7) is 4.60. The molecule has 4 nitrogen and oxygen atoms in total. The Kier molecular flexibility index (Phi) is 3.13. The van der Waals surface area contributed by atoms with Crippen molar-refractivity contribution in [2.24, 2.45) is 0 Å². The molecule has 17 heavy (non-hydrogen) atoms. The van der Waals surface area contributed by atoms with Crippen LogP contribution in [0.5, 0.6) is 0 Å². The Hall–Kier alpha value is -0.910. The first-order valence-electron chi connectivity index (χ1n) is 5.74. The molecule has 0 aliphatic carbocycles. The molecule has 0 amide bonds. The van der Waals surface area contributed by atoms with Crippen LogP contribution in [0.1, 0.15) is 5.69 Å². The van der Waals surface area contributed by atoms with Crippen molar-refractivity contribution in [1.82, 2.24) is 14.3 Å². The minimum Gasteiger partial charge on any atom is -0.379 e. The first kappa shape index (κ1) is 11.2. The van der Waals surface area contributed by atoms with E-state index in [-0.39, 0.29) is 0 Å². The van der Waals surface area contributed by atoms with Crippen molar-refractivity contribution in [3.8, 4) is 0 Å². The Morgan fingerprint density at radius 2 is 2.12 bits per heavy atom. The van der Waals surface area contributed by atoms with Gasteiger partial charge in [0.1, 0.15) is 5.65 Å². The molecule has 5 heteroatoms. The predicted octanol–water partition coefficient (Wildman–Crippen LogP) is 1.93. The Morgan fingerprint density at radius 3 is 2.94 bits per heavy atom. The minimum atomic E-state index is 0.834. The van der Waals surface area contributed by atoms with Crippen LogP contribution < -0.4 is 0 Å². The van der Waals surface area contributed by atoms with E-state index in [4.69, 9.17) is 4.74 Å². The number of rotatable bonds is 2. The van der Waals surface area contributed by atoms with E-state index >= 15 is 0 Å². The van der Waals surface area contributed by atoms with E-state index < -0.39 is 0 Å². The van der Waals surface area contributed by atoms with Crippen LogP contribution in [0.3, 0.4) is 0 Å². The van der Waals surface area contributed by atoms with Gasteiger partial charge in [-0.2, -0.15) is 0 Å². The van der Waals surface area contributed by atoms with Crippen molar-refractivity contribution < 1.29 is 4.74 Å². The zero-order chi connectivity index (χ0) is 11.7.